The first kappa shape index (κ1) is 23.7. The minimum absolute atomic E-state index is 0.392. The van der Waals surface area contributed by atoms with Crippen LogP contribution in [-0.2, 0) is 0 Å². The van der Waals surface area contributed by atoms with Crippen LogP contribution in [-0.4, -0.2) is 13.1 Å². The van der Waals surface area contributed by atoms with Gasteiger partial charge >= 0.3 is 0 Å². The molecule has 0 heterocycles. The summed E-state index contributed by atoms with van der Waals surface area (Å²) < 4.78 is 166. The van der Waals surface area contributed by atoms with E-state index in [4.69, 9.17) is 0 Å². The van der Waals surface area contributed by atoms with Crippen LogP contribution >= 0.6 is 0 Å². The Morgan fingerprint density at radius 2 is 0.594 bits per heavy atom. The molecule has 32 heavy (non-hydrogen) atoms. The van der Waals surface area contributed by atoms with Crippen molar-refractivity contribution in [3.8, 4) is 0 Å². The van der Waals surface area contributed by atoms with Gasteiger partial charge in [0.25, 0.3) is 8.32 Å². The van der Waals surface area contributed by atoms with Crippen LogP contribution in [0.2, 0.25) is 0 Å². The standard InChI is InChI=1S/C18H4F12OSi/c19-4-1-7(13(25)16(28)10(4)22)32(31,8-2-5(20)11(23)17(29)14(8)26)9-3-6(21)12(24)18(30)15(9)27/h1-3,31H. The Balaban J connectivity index is 2.60. The fraction of sp³-hybridized carbons (Fsp3) is 0. The SMILES string of the molecule is O[Si](c1cc(F)c(F)c(F)c1F)(c1cc(F)c(F)c(F)c1F)c1cc(F)c(F)c(F)c1F. The van der Waals surface area contributed by atoms with Crippen LogP contribution in [0.15, 0.2) is 18.2 Å². The Morgan fingerprint density at radius 3 is 0.812 bits per heavy atom. The molecule has 14 heteroatoms. The van der Waals surface area contributed by atoms with Gasteiger partial charge in [-0.3, -0.25) is 0 Å². The topological polar surface area (TPSA) is 20.2 Å². The Labute approximate surface area is 170 Å². The van der Waals surface area contributed by atoms with Gasteiger partial charge < -0.3 is 4.80 Å². The number of rotatable bonds is 3. The molecular weight excluding hydrogens is 488 g/mol. The molecule has 3 aromatic carbocycles. The summed E-state index contributed by atoms with van der Waals surface area (Å²) in [5, 5.41) is -5.74. The smallest absolute Gasteiger partial charge is 0.295 e. The molecule has 0 bridgehead atoms. The average molecular weight is 492 g/mol. The van der Waals surface area contributed by atoms with Crippen LogP contribution < -0.4 is 15.6 Å². The molecule has 3 aromatic rings. The lowest BCUT2D eigenvalue weighted by Gasteiger charge is -2.28. The molecule has 0 unspecified atom stereocenters. The zero-order chi connectivity index (χ0) is 24.3. The average Bonchev–Trinajstić information content (AvgIpc) is 2.76. The zero-order valence-corrected chi connectivity index (χ0v) is 15.7. The highest BCUT2D eigenvalue weighted by Gasteiger charge is 2.49. The van der Waals surface area contributed by atoms with Gasteiger partial charge in [-0.15, -0.1) is 0 Å². The normalized spacial score (nSPS) is 11.9. The summed E-state index contributed by atoms with van der Waals surface area (Å²) in [5.41, 5.74) is 0. The predicted octanol–water partition coefficient (Wildman–Crippen LogP) is 3.31. The van der Waals surface area contributed by atoms with E-state index in [1.165, 1.54) is 0 Å². The minimum atomic E-state index is -6.33. The van der Waals surface area contributed by atoms with E-state index in [1.54, 1.807) is 0 Å². The van der Waals surface area contributed by atoms with Crippen molar-refractivity contribution >= 4 is 23.9 Å². The lowest BCUT2D eigenvalue weighted by molar-refractivity contribution is 0.406. The lowest BCUT2D eigenvalue weighted by atomic mass is 10.3. The molecule has 1 nitrogen and oxygen atoms in total. The van der Waals surface area contributed by atoms with E-state index < -0.39 is 112 Å². The van der Waals surface area contributed by atoms with Crippen molar-refractivity contribution in [3.63, 3.8) is 0 Å². The molecule has 0 aromatic heterocycles. The van der Waals surface area contributed by atoms with E-state index in [1.807, 2.05) is 0 Å². The molecule has 0 atom stereocenters. The van der Waals surface area contributed by atoms with E-state index in [-0.39, 0.29) is 0 Å². The van der Waals surface area contributed by atoms with Crippen LogP contribution in [0.25, 0.3) is 0 Å². The highest BCUT2D eigenvalue weighted by molar-refractivity contribution is 7.06. The number of benzene rings is 3. The van der Waals surface area contributed by atoms with Crippen molar-refractivity contribution in [2.75, 3.05) is 0 Å². The van der Waals surface area contributed by atoms with E-state index in [0.717, 1.165) is 0 Å². The van der Waals surface area contributed by atoms with Gasteiger partial charge in [-0.25, -0.2) is 52.7 Å². The summed E-state index contributed by atoms with van der Waals surface area (Å²) in [7, 11) is -6.33. The molecule has 0 saturated carbocycles. The molecule has 170 valence electrons. The van der Waals surface area contributed by atoms with Gasteiger partial charge in [-0.05, 0) is 18.2 Å². The molecule has 3 rings (SSSR count). The summed E-state index contributed by atoms with van der Waals surface area (Å²) in [6, 6.07) is -1.18. The van der Waals surface area contributed by atoms with E-state index in [9.17, 15) is 57.5 Å². The largest absolute Gasteiger partial charge is 0.421 e. The predicted molar refractivity (Wildman–Crippen MR) is 85.7 cm³/mol. The first-order valence-electron chi connectivity index (χ1n) is 7.97. The molecule has 0 fully saturated rings. The first-order chi connectivity index (χ1) is 14.7. The third kappa shape index (κ3) is 3.24. The number of halogens is 12. The second kappa shape index (κ2) is 7.85. The molecule has 0 aliphatic heterocycles. The maximum Gasteiger partial charge on any atom is 0.295 e. The lowest BCUT2D eigenvalue weighted by Crippen LogP contribution is -2.71. The third-order valence-electron chi connectivity index (χ3n) is 4.48. The fourth-order valence-electron chi connectivity index (χ4n) is 2.94. The van der Waals surface area contributed by atoms with Crippen molar-refractivity contribution in [2.45, 2.75) is 0 Å². The van der Waals surface area contributed by atoms with Gasteiger partial charge in [-0.1, -0.05) is 0 Å². The molecule has 0 saturated heterocycles. The maximum atomic E-state index is 14.5. The maximum absolute atomic E-state index is 14.5. The van der Waals surface area contributed by atoms with Crippen LogP contribution in [0.5, 0.6) is 0 Å². The molecule has 1 N–H and O–H groups in total. The van der Waals surface area contributed by atoms with E-state index in [0.29, 0.717) is 0 Å². The summed E-state index contributed by atoms with van der Waals surface area (Å²) in [5.74, 6) is -30.1. The molecule has 0 aliphatic rings. The second-order valence-corrected chi connectivity index (χ2v) is 9.29. The van der Waals surface area contributed by atoms with Crippen LogP contribution in [0, 0.1) is 69.8 Å². The van der Waals surface area contributed by atoms with Crippen molar-refractivity contribution in [1.82, 2.24) is 0 Å². The number of hydrogen-bond acceptors (Lipinski definition) is 1. The Bertz CT molecular complexity index is 1120. The highest BCUT2D eigenvalue weighted by atomic mass is 28.4. The summed E-state index contributed by atoms with van der Waals surface area (Å²) in [4.78, 5) is 11.0. The van der Waals surface area contributed by atoms with Crippen LogP contribution in [0.3, 0.4) is 0 Å². The summed E-state index contributed by atoms with van der Waals surface area (Å²) >= 11 is 0. The van der Waals surface area contributed by atoms with E-state index in [2.05, 4.69) is 0 Å². The first-order valence-corrected chi connectivity index (χ1v) is 9.92. The van der Waals surface area contributed by atoms with Crippen molar-refractivity contribution in [2.24, 2.45) is 0 Å². The minimum Gasteiger partial charge on any atom is -0.421 e. The van der Waals surface area contributed by atoms with Gasteiger partial charge in [0.15, 0.2) is 69.8 Å². The van der Waals surface area contributed by atoms with Gasteiger partial charge in [0.1, 0.15) is 0 Å². The van der Waals surface area contributed by atoms with Crippen molar-refractivity contribution in [1.29, 1.82) is 0 Å². The molecule has 0 amide bonds. The van der Waals surface area contributed by atoms with Crippen LogP contribution in [0.4, 0.5) is 52.7 Å². The molecule has 0 radical (unpaired) electrons. The van der Waals surface area contributed by atoms with Gasteiger partial charge in [0.2, 0.25) is 0 Å². The second-order valence-electron chi connectivity index (χ2n) is 6.25. The Kier molecular flexibility index (Phi) is 5.80. The monoisotopic (exact) mass is 492 g/mol. The number of hydrogen-bond donors (Lipinski definition) is 1. The van der Waals surface area contributed by atoms with Gasteiger partial charge in [0.05, 0.1) is 0 Å². The Hall–Kier alpha value is -3.00. The molecule has 0 aliphatic carbocycles. The highest BCUT2D eigenvalue weighted by Crippen LogP contribution is 2.22. The third-order valence-corrected chi connectivity index (χ3v) is 7.91. The Morgan fingerprint density at radius 1 is 0.375 bits per heavy atom. The summed E-state index contributed by atoms with van der Waals surface area (Å²) in [6.45, 7) is 0. The molecule has 0 spiro atoms. The van der Waals surface area contributed by atoms with Gasteiger partial charge in [0, 0.05) is 15.6 Å². The fourth-order valence-corrected chi connectivity index (χ4v) is 6.10. The van der Waals surface area contributed by atoms with Crippen LogP contribution in [0.1, 0.15) is 0 Å². The summed E-state index contributed by atoms with van der Waals surface area (Å²) in [6.07, 6.45) is 0. The van der Waals surface area contributed by atoms with Crippen molar-refractivity contribution in [3.05, 3.63) is 88.0 Å². The zero-order valence-electron chi connectivity index (χ0n) is 14.7. The van der Waals surface area contributed by atoms with Crippen molar-refractivity contribution < 1.29 is 57.5 Å². The molecular formula is C18H4F12OSi. The quantitative estimate of drug-likeness (QED) is 0.196. The van der Waals surface area contributed by atoms with Gasteiger partial charge in [-0.2, -0.15) is 0 Å². The van der Waals surface area contributed by atoms with E-state index >= 15 is 0 Å².